The zero-order valence-corrected chi connectivity index (χ0v) is 13.4. The Morgan fingerprint density at radius 1 is 1.35 bits per heavy atom. The third-order valence-electron chi connectivity index (χ3n) is 3.37. The minimum Gasteiger partial charge on any atom is -0.393 e. The normalized spacial score (nSPS) is 14.5. The SMILES string of the molecule is CC(C)O/N=C(\Cn1cncn1)c1ccc(C#CC2CC2)cc1. The zero-order chi connectivity index (χ0) is 16.1. The number of oxime groups is 1. The van der Waals surface area contributed by atoms with E-state index >= 15 is 0 Å². The van der Waals surface area contributed by atoms with Crippen LogP contribution in [-0.2, 0) is 11.4 Å². The summed E-state index contributed by atoms with van der Waals surface area (Å²) in [6, 6.07) is 8.10. The van der Waals surface area contributed by atoms with E-state index in [1.165, 1.54) is 19.2 Å². The lowest BCUT2D eigenvalue weighted by molar-refractivity contribution is 0.0854. The Morgan fingerprint density at radius 2 is 2.13 bits per heavy atom. The maximum atomic E-state index is 5.42. The second-order valence-electron chi connectivity index (χ2n) is 5.91. The van der Waals surface area contributed by atoms with Gasteiger partial charge in [0.25, 0.3) is 0 Å². The molecule has 1 aromatic carbocycles. The van der Waals surface area contributed by atoms with E-state index in [0.717, 1.165) is 16.8 Å². The van der Waals surface area contributed by atoms with Crippen LogP contribution in [0.15, 0.2) is 42.1 Å². The molecule has 1 aliphatic carbocycles. The molecule has 0 N–H and O–H groups in total. The van der Waals surface area contributed by atoms with Gasteiger partial charge in [-0.25, -0.2) is 9.67 Å². The van der Waals surface area contributed by atoms with Crippen LogP contribution in [0.3, 0.4) is 0 Å². The van der Waals surface area contributed by atoms with Crippen molar-refractivity contribution in [2.45, 2.75) is 39.3 Å². The predicted octanol–water partition coefficient (Wildman–Crippen LogP) is 2.87. The minimum atomic E-state index is 0.0319. The summed E-state index contributed by atoms with van der Waals surface area (Å²) in [7, 11) is 0. The van der Waals surface area contributed by atoms with Crippen molar-refractivity contribution in [3.8, 4) is 11.8 Å². The van der Waals surface area contributed by atoms with Gasteiger partial charge in [0.2, 0.25) is 0 Å². The Morgan fingerprint density at radius 3 is 2.74 bits per heavy atom. The van der Waals surface area contributed by atoms with Crippen LogP contribution >= 0.6 is 0 Å². The Hall–Kier alpha value is -2.61. The van der Waals surface area contributed by atoms with Crippen LogP contribution in [-0.4, -0.2) is 26.6 Å². The number of nitrogens with zero attached hydrogens (tertiary/aromatic N) is 4. The lowest BCUT2D eigenvalue weighted by Gasteiger charge is -2.09. The molecule has 0 radical (unpaired) electrons. The second-order valence-corrected chi connectivity index (χ2v) is 5.91. The third kappa shape index (κ3) is 4.68. The smallest absolute Gasteiger partial charge is 0.137 e. The molecule has 1 heterocycles. The van der Waals surface area contributed by atoms with E-state index in [9.17, 15) is 0 Å². The van der Waals surface area contributed by atoms with Crippen molar-refractivity contribution >= 4 is 5.71 Å². The largest absolute Gasteiger partial charge is 0.393 e. The monoisotopic (exact) mass is 308 g/mol. The zero-order valence-electron chi connectivity index (χ0n) is 13.4. The van der Waals surface area contributed by atoms with Crippen LogP contribution in [0.25, 0.3) is 0 Å². The molecule has 0 amide bonds. The summed E-state index contributed by atoms with van der Waals surface area (Å²) in [4.78, 5) is 9.39. The third-order valence-corrected chi connectivity index (χ3v) is 3.37. The number of hydrogen-bond donors (Lipinski definition) is 0. The van der Waals surface area contributed by atoms with E-state index < -0.39 is 0 Å². The average Bonchev–Trinajstić information content (AvgIpc) is 3.24. The van der Waals surface area contributed by atoms with Gasteiger partial charge in [0.05, 0.1) is 6.54 Å². The summed E-state index contributed by atoms with van der Waals surface area (Å²) in [6.45, 7) is 4.42. The number of benzene rings is 1. The first-order valence-corrected chi connectivity index (χ1v) is 7.88. The van der Waals surface area contributed by atoms with Gasteiger partial charge in [0.1, 0.15) is 24.5 Å². The van der Waals surface area contributed by atoms with Crippen LogP contribution in [0.4, 0.5) is 0 Å². The molecule has 1 aromatic heterocycles. The van der Waals surface area contributed by atoms with Crippen molar-refractivity contribution in [1.29, 1.82) is 0 Å². The minimum absolute atomic E-state index is 0.0319. The number of aromatic nitrogens is 3. The van der Waals surface area contributed by atoms with Gasteiger partial charge in [-0.15, -0.1) is 0 Å². The summed E-state index contributed by atoms with van der Waals surface area (Å²) in [6.07, 6.45) is 5.70. The molecule has 1 saturated carbocycles. The fraction of sp³-hybridized carbons (Fsp3) is 0.389. The fourth-order valence-corrected chi connectivity index (χ4v) is 1.97. The topological polar surface area (TPSA) is 52.3 Å². The second kappa shape index (κ2) is 7.10. The van der Waals surface area contributed by atoms with Crippen LogP contribution in [0.2, 0.25) is 0 Å². The molecule has 0 bridgehead atoms. The van der Waals surface area contributed by atoms with E-state index in [-0.39, 0.29) is 6.10 Å². The standard InChI is InChI=1S/C18H20N4O/c1-14(2)23-21-18(11-22-13-19-12-20-22)17-9-7-16(8-10-17)6-5-15-3-4-15/h7-10,12-15H,3-4,11H2,1-2H3/b21-18+. The van der Waals surface area contributed by atoms with Gasteiger partial charge in [-0.2, -0.15) is 5.10 Å². The predicted molar refractivity (Wildman–Crippen MR) is 88.8 cm³/mol. The average molecular weight is 308 g/mol. The fourth-order valence-electron chi connectivity index (χ4n) is 1.97. The maximum Gasteiger partial charge on any atom is 0.137 e. The summed E-state index contributed by atoms with van der Waals surface area (Å²) in [5, 5.41) is 8.40. The molecule has 1 fully saturated rings. The molecule has 1 aliphatic rings. The van der Waals surface area contributed by atoms with Gasteiger partial charge in [-0.05, 0) is 38.8 Å². The Balaban J connectivity index is 1.77. The molecule has 2 aromatic rings. The molecule has 0 unspecified atom stereocenters. The molecular formula is C18H20N4O. The lowest BCUT2D eigenvalue weighted by Crippen LogP contribution is -2.14. The molecule has 118 valence electrons. The van der Waals surface area contributed by atoms with Gasteiger partial charge < -0.3 is 4.84 Å². The van der Waals surface area contributed by atoms with E-state index in [4.69, 9.17) is 4.84 Å². The highest BCUT2D eigenvalue weighted by atomic mass is 16.6. The van der Waals surface area contributed by atoms with Gasteiger partial charge in [-0.1, -0.05) is 29.1 Å². The van der Waals surface area contributed by atoms with Gasteiger partial charge in [0, 0.05) is 17.0 Å². The highest BCUT2D eigenvalue weighted by Crippen LogP contribution is 2.27. The molecule has 5 heteroatoms. The van der Waals surface area contributed by atoms with Crippen molar-refractivity contribution < 1.29 is 4.84 Å². The first kappa shape index (κ1) is 15.3. The van der Waals surface area contributed by atoms with E-state index in [1.54, 1.807) is 11.0 Å². The van der Waals surface area contributed by atoms with Gasteiger partial charge >= 0.3 is 0 Å². The van der Waals surface area contributed by atoms with Crippen LogP contribution in [0.5, 0.6) is 0 Å². The van der Waals surface area contributed by atoms with Crippen molar-refractivity contribution in [2.75, 3.05) is 0 Å². The Labute approximate surface area is 136 Å². The van der Waals surface area contributed by atoms with E-state index in [1.807, 2.05) is 38.1 Å². The van der Waals surface area contributed by atoms with Gasteiger partial charge in [0.15, 0.2) is 0 Å². The number of hydrogen-bond acceptors (Lipinski definition) is 4. The van der Waals surface area contributed by atoms with Crippen LogP contribution in [0, 0.1) is 17.8 Å². The quantitative estimate of drug-likeness (QED) is 0.485. The molecular weight excluding hydrogens is 288 g/mol. The maximum absolute atomic E-state index is 5.42. The molecule has 3 rings (SSSR count). The molecule has 5 nitrogen and oxygen atoms in total. The first-order chi connectivity index (χ1) is 11.2. The van der Waals surface area contributed by atoms with Gasteiger partial charge in [-0.3, -0.25) is 0 Å². The van der Waals surface area contributed by atoms with E-state index in [0.29, 0.717) is 12.5 Å². The summed E-state index contributed by atoms with van der Waals surface area (Å²) in [5.74, 6) is 7.10. The van der Waals surface area contributed by atoms with E-state index in [2.05, 4.69) is 27.1 Å². The Kier molecular flexibility index (Phi) is 4.72. The molecule has 0 spiro atoms. The van der Waals surface area contributed by atoms with Crippen molar-refractivity contribution in [3.05, 3.63) is 48.0 Å². The molecule has 0 atom stereocenters. The van der Waals surface area contributed by atoms with Crippen molar-refractivity contribution in [3.63, 3.8) is 0 Å². The summed E-state index contributed by atoms with van der Waals surface area (Å²) >= 11 is 0. The van der Waals surface area contributed by atoms with Crippen LogP contribution < -0.4 is 0 Å². The van der Waals surface area contributed by atoms with Crippen molar-refractivity contribution in [1.82, 2.24) is 14.8 Å². The summed E-state index contributed by atoms with van der Waals surface area (Å²) in [5.41, 5.74) is 2.84. The molecule has 0 saturated heterocycles. The van der Waals surface area contributed by atoms with Crippen molar-refractivity contribution in [2.24, 2.45) is 11.1 Å². The highest BCUT2D eigenvalue weighted by molar-refractivity contribution is 6.00. The molecule has 23 heavy (non-hydrogen) atoms. The summed E-state index contributed by atoms with van der Waals surface area (Å²) < 4.78 is 1.73. The molecule has 0 aliphatic heterocycles. The number of rotatable bonds is 5. The highest BCUT2D eigenvalue weighted by Gasteiger charge is 2.17. The van der Waals surface area contributed by atoms with Crippen LogP contribution in [0.1, 0.15) is 37.8 Å². The lowest BCUT2D eigenvalue weighted by atomic mass is 10.1. The Bertz CT molecular complexity index is 717. The first-order valence-electron chi connectivity index (χ1n) is 7.88.